The molecule has 1 aliphatic rings. The van der Waals surface area contributed by atoms with Crippen molar-refractivity contribution in [3.05, 3.63) is 28.2 Å². The first kappa shape index (κ1) is 18.1. The Kier molecular flexibility index (Phi) is 6.30. The van der Waals surface area contributed by atoms with Crippen LogP contribution in [0.25, 0.3) is 0 Å². The number of fused-ring (bicyclic) bond motifs is 1. The molecule has 0 spiro atoms. The fraction of sp³-hybridized carbons (Fsp3) is 0.588. The summed E-state index contributed by atoms with van der Waals surface area (Å²) in [5.74, 6) is 0.948. The van der Waals surface area contributed by atoms with Gasteiger partial charge in [-0.1, -0.05) is 15.9 Å². The van der Waals surface area contributed by atoms with Crippen molar-refractivity contribution < 1.29 is 14.3 Å². The van der Waals surface area contributed by atoms with Crippen molar-refractivity contribution in [2.45, 2.75) is 45.3 Å². The standard InChI is InChI=1S/C17H25BrN2O3/c1-17(2,3)23-16(21)20-9-4-8-19-14-7-10-22-15-6-5-12(18)11-13(14)15/h5-6,11,14,19H,4,7-10H2,1-3H3,(H,20,21). The molecule has 1 aromatic rings. The summed E-state index contributed by atoms with van der Waals surface area (Å²) in [7, 11) is 0. The Balaban J connectivity index is 1.72. The largest absolute Gasteiger partial charge is 0.493 e. The fourth-order valence-electron chi connectivity index (χ4n) is 2.45. The minimum Gasteiger partial charge on any atom is -0.493 e. The summed E-state index contributed by atoms with van der Waals surface area (Å²) in [6, 6.07) is 6.38. The van der Waals surface area contributed by atoms with Gasteiger partial charge in [0.25, 0.3) is 0 Å². The van der Waals surface area contributed by atoms with Gasteiger partial charge in [0, 0.05) is 29.0 Å². The molecule has 23 heavy (non-hydrogen) atoms. The van der Waals surface area contributed by atoms with Crippen molar-refractivity contribution in [2.24, 2.45) is 0 Å². The summed E-state index contributed by atoms with van der Waals surface area (Å²) in [6.45, 7) is 7.71. The van der Waals surface area contributed by atoms with Crippen LogP contribution in [-0.4, -0.2) is 31.4 Å². The molecule has 5 nitrogen and oxygen atoms in total. The SMILES string of the molecule is CC(C)(C)OC(=O)NCCCNC1CCOc2ccc(Br)cc21. The molecule has 1 atom stereocenters. The van der Waals surface area contributed by atoms with Gasteiger partial charge in [-0.2, -0.15) is 0 Å². The molecule has 0 saturated carbocycles. The second-order valence-corrected chi connectivity index (χ2v) is 7.52. The molecule has 1 aliphatic heterocycles. The second-order valence-electron chi connectivity index (χ2n) is 6.61. The minimum atomic E-state index is -0.457. The van der Waals surface area contributed by atoms with Crippen molar-refractivity contribution in [1.29, 1.82) is 0 Å². The molecular weight excluding hydrogens is 360 g/mol. The van der Waals surface area contributed by atoms with E-state index in [9.17, 15) is 4.79 Å². The van der Waals surface area contributed by atoms with Crippen LogP contribution in [0, 0.1) is 0 Å². The molecule has 128 valence electrons. The number of halogens is 1. The van der Waals surface area contributed by atoms with Crippen LogP contribution >= 0.6 is 15.9 Å². The van der Waals surface area contributed by atoms with Gasteiger partial charge in [-0.05, 0) is 51.9 Å². The number of carbonyl (C=O) groups is 1. The fourth-order valence-corrected chi connectivity index (χ4v) is 2.83. The Morgan fingerprint density at radius 2 is 2.17 bits per heavy atom. The Bertz CT molecular complexity index is 543. The van der Waals surface area contributed by atoms with Crippen molar-refractivity contribution in [3.63, 3.8) is 0 Å². The van der Waals surface area contributed by atoms with Gasteiger partial charge < -0.3 is 20.1 Å². The molecule has 1 aromatic carbocycles. The summed E-state index contributed by atoms with van der Waals surface area (Å²) in [4.78, 5) is 11.5. The van der Waals surface area contributed by atoms with Crippen LogP contribution < -0.4 is 15.4 Å². The van der Waals surface area contributed by atoms with Gasteiger partial charge in [0.1, 0.15) is 11.4 Å². The molecule has 1 amide bonds. The zero-order valence-electron chi connectivity index (χ0n) is 13.9. The first-order valence-corrected chi connectivity index (χ1v) is 8.77. The molecule has 2 rings (SSSR count). The van der Waals surface area contributed by atoms with Gasteiger partial charge in [0.15, 0.2) is 0 Å². The molecule has 0 aromatic heterocycles. The molecule has 0 fully saturated rings. The predicted molar refractivity (Wildman–Crippen MR) is 93.9 cm³/mol. The number of ether oxygens (including phenoxy) is 2. The van der Waals surface area contributed by atoms with E-state index in [-0.39, 0.29) is 12.1 Å². The van der Waals surface area contributed by atoms with Crippen LogP contribution in [0.4, 0.5) is 4.79 Å². The highest BCUT2D eigenvalue weighted by atomic mass is 79.9. The number of carbonyl (C=O) groups excluding carboxylic acids is 1. The summed E-state index contributed by atoms with van der Waals surface area (Å²) in [6.07, 6.45) is 1.43. The lowest BCUT2D eigenvalue weighted by molar-refractivity contribution is 0.0527. The third kappa shape index (κ3) is 6.03. The predicted octanol–water partition coefficient (Wildman–Crippen LogP) is 3.78. The molecule has 1 unspecified atom stereocenters. The van der Waals surface area contributed by atoms with E-state index < -0.39 is 5.60 Å². The van der Waals surface area contributed by atoms with Gasteiger partial charge in [-0.25, -0.2) is 4.79 Å². The summed E-state index contributed by atoms with van der Waals surface area (Å²) >= 11 is 3.51. The molecule has 0 aliphatic carbocycles. The van der Waals surface area contributed by atoms with Crippen molar-refractivity contribution in [2.75, 3.05) is 19.7 Å². The molecule has 1 heterocycles. The van der Waals surface area contributed by atoms with Gasteiger partial charge in [0.2, 0.25) is 0 Å². The highest BCUT2D eigenvalue weighted by Gasteiger charge is 2.21. The molecule has 0 bridgehead atoms. The zero-order valence-corrected chi connectivity index (χ0v) is 15.5. The van der Waals surface area contributed by atoms with E-state index in [1.807, 2.05) is 32.9 Å². The number of benzene rings is 1. The van der Waals surface area contributed by atoms with E-state index in [0.29, 0.717) is 6.54 Å². The van der Waals surface area contributed by atoms with Crippen LogP contribution in [-0.2, 0) is 4.74 Å². The number of nitrogens with one attached hydrogen (secondary N) is 2. The molecular formula is C17H25BrN2O3. The number of amides is 1. The Morgan fingerprint density at radius 1 is 1.39 bits per heavy atom. The first-order valence-electron chi connectivity index (χ1n) is 7.97. The minimum absolute atomic E-state index is 0.290. The summed E-state index contributed by atoms with van der Waals surface area (Å²) < 4.78 is 11.9. The lowest BCUT2D eigenvalue weighted by atomic mass is 10.0. The monoisotopic (exact) mass is 384 g/mol. The smallest absolute Gasteiger partial charge is 0.407 e. The van der Waals surface area contributed by atoms with Crippen molar-refractivity contribution in [1.82, 2.24) is 10.6 Å². The van der Waals surface area contributed by atoms with E-state index in [4.69, 9.17) is 9.47 Å². The normalized spacial score (nSPS) is 17.1. The number of hydrogen-bond acceptors (Lipinski definition) is 4. The third-order valence-corrected chi connectivity index (χ3v) is 3.92. The van der Waals surface area contributed by atoms with E-state index >= 15 is 0 Å². The van der Waals surface area contributed by atoms with Crippen molar-refractivity contribution >= 4 is 22.0 Å². The quantitative estimate of drug-likeness (QED) is 0.758. The van der Waals surface area contributed by atoms with E-state index in [1.54, 1.807) is 0 Å². The van der Waals surface area contributed by atoms with Gasteiger partial charge >= 0.3 is 6.09 Å². The average molecular weight is 385 g/mol. The Hall–Kier alpha value is -1.27. The number of alkyl carbamates (subject to hydrolysis) is 1. The van der Waals surface area contributed by atoms with Crippen LogP contribution in [0.1, 0.15) is 45.2 Å². The maximum atomic E-state index is 11.5. The van der Waals surface area contributed by atoms with E-state index in [2.05, 4.69) is 32.6 Å². The Morgan fingerprint density at radius 3 is 2.91 bits per heavy atom. The third-order valence-electron chi connectivity index (χ3n) is 3.42. The summed E-state index contributed by atoms with van der Waals surface area (Å²) in [5, 5.41) is 6.31. The van der Waals surface area contributed by atoms with Crippen LogP contribution in [0.3, 0.4) is 0 Å². The van der Waals surface area contributed by atoms with Crippen LogP contribution in [0.2, 0.25) is 0 Å². The molecule has 0 saturated heterocycles. The number of rotatable bonds is 5. The number of hydrogen-bond donors (Lipinski definition) is 2. The average Bonchev–Trinajstić information content (AvgIpc) is 2.45. The Labute approximate surface area is 146 Å². The van der Waals surface area contributed by atoms with Gasteiger partial charge in [0.05, 0.1) is 6.61 Å². The lowest BCUT2D eigenvalue weighted by Crippen LogP contribution is -2.34. The van der Waals surface area contributed by atoms with Gasteiger partial charge in [-0.3, -0.25) is 0 Å². The van der Waals surface area contributed by atoms with Crippen molar-refractivity contribution in [3.8, 4) is 5.75 Å². The lowest BCUT2D eigenvalue weighted by Gasteiger charge is -2.27. The first-order chi connectivity index (χ1) is 10.8. The van der Waals surface area contributed by atoms with Gasteiger partial charge in [-0.15, -0.1) is 0 Å². The molecule has 2 N–H and O–H groups in total. The van der Waals surface area contributed by atoms with Crippen LogP contribution in [0.15, 0.2) is 22.7 Å². The van der Waals surface area contributed by atoms with E-state index in [0.717, 1.165) is 36.2 Å². The summed E-state index contributed by atoms with van der Waals surface area (Å²) in [5.41, 5.74) is 0.729. The van der Waals surface area contributed by atoms with E-state index in [1.165, 1.54) is 5.56 Å². The maximum Gasteiger partial charge on any atom is 0.407 e. The van der Waals surface area contributed by atoms with Crippen LogP contribution in [0.5, 0.6) is 5.75 Å². The topological polar surface area (TPSA) is 59.6 Å². The zero-order chi connectivity index (χ0) is 16.9. The second kappa shape index (κ2) is 8.02. The highest BCUT2D eigenvalue weighted by molar-refractivity contribution is 9.10. The highest BCUT2D eigenvalue weighted by Crippen LogP contribution is 2.33. The molecule has 6 heteroatoms. The molecule has 0 radical (unpaired) electrons. The maximum absolute atomic E-state index is 11.5.